The molecule has 5 heteroatoms. The van der Waals surface area contributed by atoms with Gasteiger partial charge < -0.3 is 5.32 Å². The molecule has 0 aliphatic heterocycles. The molecule has 1 N–H and O–H groups in total. The molecule has 1 amide bonds. The van der Waals surface area contributed by atoms with Gasteiger partial charge in [-0.2, -0.15) is 0 Å². The van der Waals surface area contributed by atoms with Crippen LogP contribution in [0.5, 0.6) is 0 Å². The SMILES string of the molecule is CCc1nnsc1C(=O)NCCc1cccc(C)c1. The zero-order valence-corrected chi connectivity index (χ0v) is 12.0. The zero-order chi connectivity index (χ0) is 13.7. The summed E-state index contributed by atoms with van der Waals surface area (Å²) in [6.07, 6.45) is 1.57. The van der Waals surface area contributed by atoms with Crippen LogP contribution in [0.4, 0.5) is 0 Å². The predicted octanol–water partition coefficient (Wildman–Crippen LogP) is 2.38. The number of aromatic nitrogens is 2. The van der Waals surface area contributed by atoms with Gasteiger partial charge in [-0.1, -0.05) is 41.2 Å². The van der Waals surface area contributed by atoms with Crippen molar-refractivity contribution in [2.75, 3.05) is 6.54 Å². The van der Waals surface area contributed by atoms with Crippen LogP contribution < -0.4 is 5.32 Å². The van der Waals surface area contributed by atoms with Crippen LogP contribution in [0.15, 0.2) is 24.3 Å². The van der Waals surface area contributed by atoms with Crippen LogP contribution in [-0.4, -0.2) is 22.0 Å². The maximum absolute atomic E-state index is 12.0. The van der Waals surface area contributed by atoms with E-state index in [2.05, 4.69) is 40.0 Å². The van der Waals surface area contributed by atoms with E-state index in [1.807, 2.05) is 13.0 Å². The van der Waals surface area contributed by atoms with E-state index in [1.54, 1.807) is 0 Å². The van der Waals surface area contributed by atoms with E-state index in [0.29, 0.717) is 11.4 Å². The van der Waals surface area contributed by atoms with Gasteiger partial charge in [0.15, 0.2) is 0 Å². The van der Waals surface area contributed by atoms with Crippen molar-refractivity contribution in [1.29, 1.82) is 0 Å². The van der Waals surface area contributed by atoms with Crippen molar-refractivity contribution in [2.45, 2.75) is 26.7 Å². The summed E-state index contributed by atoms with van der Waals surface area (Å²) >= 11 is 1.16. The van der Waals surface area contributed by atoms with E-state index in [-0.39, 0.29) is 5.91 Å². The highest BCUT2D eigenvalue weighted by Gasteiger charge is 2.14. The Morgan fingerprint density at radius 1 is 1.42 bits per heavy atom. The first-order valence-corrected chi connectivity index (χ1v) is 7.13. The van der Waals surface area contributed by atoms with Crippen molar-refractivity contribution >= 4 is 17.4 Å². The fourth-order valence-electron chi connectivity index (χ4n) is 1.88. The van der Waals surface area contributed by atoms with Crippen molar-refractivity contribution in [3.8, 4) is 0 Å². The molecule has 0 unspecified atom stereocenters. The molecule has 2 rings (SSSR count). The molecule has 2 aromatic rings. The molecule has 0 aliphatic carbocycles. The summed E-state index contributed by atoms with van der Waals surface area (Å²) in [4.78, 5) is 12.6. The molecule has 100 valence electrons. The van der Waals surface area contributed by atoms with E-state index in [9.17, 15) is 4.79 Å². The van der Waals surface area contributed by atoms with Crippen LogP contribution in [-0.2, 0) is 12.8 Å². The van der Waals surface area contributed by atoms with Gasteiger partial charge in [0.1, 0.15) is 4.88 Å². The fraction of sp³-hybridized carbons (Fsp3) is 0.357. The molecular weight excluding hydrogens is 258 g/mol. The van der Waals surface area contributed by atoms with E-state index >= 15 is 0 Å². The Hall–Kier alpha value is -1.75. The largest absolute Gasteiger partial charge is 0.351 e. The third-order valence-corrected chi connectivity index (χ3v) is 3.65. The number of carbonyl (C=O) groups excluding carboxylic acids is 1. The molecule has 0 aliphatic rings. The number of hydrogen-bond acceptors (Lipinski definition) is 4. The summed E-state index contributed by atoms with van der Waals surface area (Å²) in [5, 5.41) is 6.86. The van der Waals surface area contributed by atoms with Gasteiger partial charge in [-0.3, -0.25) is 4.79 Å². The lowest BCUT2D eigenvalue weighted by atomic mass is 10.1. The van der Waals surface area contributed by atoms with Gasteiger partial charge in [0.05, 0.1) is 5.69 Å². The molecule has 4 nitrogen and oxygen atoms in total. The van der Waals surface area contributed by atoms with E-state index < -0.39 is 0 Å². The lowest BCUT2D eigenvalue weighted by Crippen LogP contribution is -2.25. The van der Waals surface area contributed by atoms with Crippen LogP contribution in [0.3, 0.4) is 0 Å². The monoisotopic (exact) mass is 275 g/mol. The molecule has 1 aromatic heterocycles. The van der Waals surface area contributed by atoms with E-state index in [4.69, 9.17) is 0 Å². The topological polar surface area (TPSA) is 54.9 Å². The van der Waals surface area contributed by atoms with Gasteiger partial charge in [0.25, 0.3) is 5.91 Å². The van der Waals surface area contributed by atoms with Crippen LogP contribution >= 0.6 is 11.5 Å². The molecule has 0 bridgehead atoms. The Morgan fingerprint density at radius 3 is 3.00 bits per heavy atom. The first-order valence-electron chi connectivity index (χ1n) is 6.35. The Bertz CT molecular complexity index is 565. The molecule has 0 atom stereocenters. The smallest absolute Gasteiger partial charge is 0.264 e. The highest BCUT2D eigenvalue weighted by atomic mass is 32.1. The number of nitrogens with zero attached hydrogens (tertiary/aromatic N) is 2. The average Bonchev–Trinajstić information content (AvgIpc) is 2.87. The highest BCUT2D eigenvalue weighted by Crippen LogP contribution is 2.10. The second-order valence-electron chi connectivity index (χ2n) is 4.40. The lowest BCUT2D eigenvalue weighted by Gasteiger charge is -2.05. The van der Waals surface area contributed by atoms with Crippen LogP contribution in [0.1, 0.15) is 33.4 Å². The molecular formula is C14H17N3OS. The number of carbonyl (C=O) groups is 1. The summed E-state index contributed by atoms with van der Waals surface area (Å²) in [7, 11) is 0. The second-order valence-corrected chi connectivity index (χ2v) is 5.15. The van der Waals surface area contributed by atoms with Crippen molar-refractivity contribution < 1.29 is 4.79 Å². The number of nitrogens with one attached hydrogen (secondary N) is 1. The minimum Gasteiger partial charge on any atom is -0.351 e. The molecule has 0 radical (unpaired) electrons. The maximum atomic E-state index is 12.0. The molecule has 19 heavy (non-hydrogen) atoms. The normalized spacial score (nSPS) is 10.4. The fourth-order valence-corrected chi connectivity index (χ4v) is 2.55. The molecule has 0 spiro atoms. The van der Waals surface area contributed by atoms with Crippen molar-refractivity contribution in [2.24, 2.45) is 0 Å². The van der Waals surface area contributed by atoms with Gasteiger partial charge in [0.2, 0.25) is 0 Å². The molecule has 1 heterocycles. The minimum atomic E-state index is -0.0699. The van der Waals surface area contributed by atoms with Crippen molar-refractivity contribution in [3.63, 3.8) is 0 Å². The minimum absolute atomic E-state index is 0.0699. The summed E-state index contributed by atoms with van der Waals surface area (Å²) in [5.74, 6) is -0.0699. The molecule has 0 fully saturated rings. The van der Waals surface area contributed by atoms with Crippen molar-refractivity contribution in [1.82, 2.24) is 14.9 Å². The highest BCUT2D eigenvalue weighted by molar-refractivity contribution is 7.08. The standard InChI is InChI=1S/C14H17N3OS/c1-3-12-13(19-17-16-12)14(18)15-8-7-11-6-4-5-10(2)9-11/h4-6,9H,3,7-8H2,1-2H3,(H,15,18). The average molecular weight is 275 g/mol. The van der Waals surface area contributed by atoms with Crippen LogP contribution in [0.2, 0.25) is 0 Å². The maximum Gasteiger partial charge on any atom is 0.264 e. The van der Waals surface area contributed by atoms with Gasteiger partial charge in [0, 0.05) is 6.54 Å². The summed E-state index contributed by atoms with van der Waals surface area (Å²) in [6, 6.07) is 8.32. The Kier molecular flexibility index (Phi) is 4.63. The third kappa shape index (κ3) is 3.61. The number of rotatable bonds is 5. The Balaban J connectivity index is 1.88. The van der Waals surface area contributed by atoms with Crippen LogP contribution in [0.25, 0.3) is 0 Å². The van der Waals surface area contributed by atoms with Gasteiger partial charge >= 0.3 is 0 Å². The molecule has 0 saturated heterocycles. The number of hydrogen-bond donors (Lipinski definition) is 1. The van der Waals surface area contributed by atoms with Gasteiger partial charge in [-0.25, -0.2) is 0 Å². The van der Waals surface area contributed by atoms with E-state index in [0.717, 1.165) is 30.1 Å². The lowest BCUT2D eigenvalue weighted by molar-refractivity contribution is 0.0957. The quantitative estimate of drug-likeness (QED) is 0.911. The summed E-state index contributed by atoms with van der Waals surface area (Å²) < 4.78 is 3.82. The Labute approximate surface area is 117 Å². The second kappa shape index (κ2) is 6.43. The van der Waals surface area contributed by atoms with Gasteiger partial charge in [-0.15, -0.1) is 5.10 Å². The zero-order valence-electron chi connectivity index (χ0n) is 11.1. The number of aryl methyl sites for hydroxylation is 2. The van der Waals surface area contributed by atoms with Gasteiger partial charge in [-0.05, 0) is 36.9 Å². The Morgan fingerprint density at radius 2 is 2.26 bits per heavy atom. The number of benzene rings is 1. The summed E-state index contributed by atoms with van der Waals surface area (Å²) in [5.41, 5.74) is 3.25. The van der Waals surface area contributed by atoms with Crippen molar-refractivity contribution in [3.05, 3.63) is 46.0 Å². The molecule has 1 aromatic carbocycles. The first-order chi connectivity index (χ1) is 9.20. The summed E-state index contributed by atoms with van der Waals surface area (Å²) in [6.45, 7) is 4.67. The van der Waals surface area contributed by atoms with Crippen LogP contribution in [0, 0.1) is 6.92 Å². The number of amides is 1. The third-order valence-electron chi connectivity index (χ3n) is 2.88. The predicted molar refractivity (Wildman–Crippen MR) is 76.5 cm³/mol. The first kappa shape index (κ1) is 13.7. The molecule has 0 saturated carbocycles. The van der Waals surface area contributed by atoms with E-state index in [1.165, 1.54) is 11.1 Å².